The van der Waals surface area contributed by atoms with Crippen LogP contribution < -0.4 is 9.50 Å². The highest BCUT2D eigenvalue weighted by atomic mass is 32.2. The molecule has 0 bridgehead atoms. The minimum absolute atomic E-state index is 0.0939. The van der Waals surface area contributed by atoms with Gasteiger partial charge in [0, 0.05) is 0 Å². The Bertz CT molecular complexity index is 1030. The zero-order chi connectivity index (χ0) is 20.1. The van der Waals surface area contributed by atoms with Crippen LogP contribution in [-0.4, -0.2) is 31.5 Å². The average molecular weight is 418 g/mol. The molecule has 3 rings (SSSR count). The minimum Gasteiger partial charge on any atom is -0.379 e. The molecule has 28 heavy (non-hydrogen) atoms. The van der Waals surface area contributed by atoms with Gasteiger partial charge in [-0.1, -0.05) is 49.9 Å². The lowest BCUT2D eigenvalue weighted by molar-refractivity contribution is -0.116. The molecular weight excluding hydrogens is 398 g/mol. The number of amides is 1. The standard InChI is InChI=1S/C19H19N3O4S2/c1-13(2)15-6-8-17(9-7-15)28(24,25)26-16-5-3-4-14(10-16)11-20-22-19-21-18(23)12-27-19/h3-11,13H,12H2,1-2H3,(H,21,22,23)/b20-11+. The summed E-state index contributed by atoms with van der Waals surface area (Å²) in [6.45, 7) is 4.08. The summed E-state index contributed by atoms with van der Waals surface area (Å²) in [6, 6.07) is 13.1. The lowest BCUT2D eigenvalue weighted by atomic mass is 10.0. The van der Waals surface area contributed by atoms with Crippen molar-refractivity contribution in [1.82, 2.24) is 5.32 Å². The molecule has 1 aliphatic heterocycles. The summed E-state index contributed by atoms with van der Waals surface area (Å²) in [5.74, 6) is 0.704. The van der Waals surface area contributed by atoms with Gasteiger partial charge in [0.05, 0.1) is 12.0 Å². The SMILES string of the molecule is CC(C)c1ccc(S(=O)(=O)Oc2cccc(/C=N/N=C3\NC(=O)CS3)c2)cc1. The van der Waals surface area contributed by atoms with Gasteiger partial charge in [-0.25, -0.2) is 0 Å². The van der Waals surface area contributed by atoms with Gasteiger partial charge in [0.25, 0.3) is 0 Å². The molecule has 0 spiro atoms. The molecule has 0 atom stereocenters. The molecule has 1 amide bonds. The Hall–Kier alpha value is -2.65. The second-order valence-corrected chi connectivity index (χ2v) is 8.83. The van der Waals surface area contributed by atoms with Crippen molar-refractivity contribution in [3.05, 3.63) is 59.7 Å². The Balaban J connectivity index is 1.72. The topological polar surface area (TPSA) is 97.2 Å². The van der Waals surface area contributed by atoms with Gasteiger partial charge in [0.2, 0.25) is 5.91 Å². The third-order valence-corrected chi connectivity index (χ3v) is 5.97. The predicted octanol–water partition coefficient (Wildman–Crippen LogP) is 3.13. The molecule has 7 nitrogen and oxygen atoms in total. The summed E-state index contributed by atoms with van der Waals surface area (Å²) in [6.07, 6.45) is 1.45. The third kappa shape index (κ3) is 5.20. The van der Waals surface area contributed by atoms with Crippen molar-refractivity contribution in [2.45, 2.75) is 24.7 Å². The Labute approximate surface area is 168 Å². The van der Waals surface area contributed by atoms with Crippen molar-refractivity contribution in [3.8, 4) is 5.75 Å². The van der Waals surface area contributed by atoms with Crippen LogP contribution in [0, 0.1) is 0 Å². The number of carbonyl (C=O) groups excluding carboxylic acids is 1. The van der Waals surface area contributed by atoms with Gasteiger partial charge in [-0.05, 0) is 41.3 Å². The van der Waals surface area contributed by atoms with E-state index < -0.39 is 10.1 Å². The lowest BCUT2D eigenvalue weighted by Gasteiger charge is -2.09. The smallest absolute Gasteiger partial charge is 0.339 e. The van der Waals surface area contributed by atoms with E-state index in [1.807, 2.05) is 13.8 Å². The van der Waals surface area contributed by atoms with Crippen molar-refractivity contribution < 1.29 is 17.4 Å². The molecule has 2 aromatic rings. The van der Waals surface area contributed by atoms with Crippen molar-refractivity contribution in [2.24, 2.45) is 10.2 Å². The third-order valence-electron chi connectivity index (χ3n) is 3.84. The Morgan fingerprint density at radius 3 is 2.57 bits per heavy atom. The summed E-state index contributed by atoms with van der Waals surface area (Å²) < 4.78 is 30.2. The molecule has 9 heteroatoms. The summed E-state index contributed by atoms with van der Waals surface area (Å²) in [7, 11) is -3.94. The van der Waals surface area contributed by atoms with E-state index in [2.05, 4.69) is 15.5 Å². The van der Waals surface area contributed by atoms with Gasteiger partial charge >= 0.3 is 10.1 Å². The van der Waals surface area contributed by atoms with Crippen LogP contribution in [0.15, 0.2) is 63.6 Å². The highest BCUT2D eigenvalue weighted by Crippen LogP contribution is 2.22. The maximum atomic E-state index is 12.5. The highest BCUT2D eigenvalue weighted by Gasteiger charge is 2.17. The van der Waals surface area contributed by atoms with Crippen LogP contribution in [0.3, 0.4) is 0 Å². The van der Waals surface area contributed by atoms with E-state index in [1.54, 1.807) is 48.5 Å². The first kappa shape index (κ1) is 20.1. The number of nitrogens with one attached hydrogen (secondary N) is 1. The van der Waals surface area contributed by atoms with E-state index in [1.165, 1.54) is 18.0 Å². The van der Waals surface area contributed by atoms with Crippen LogP contribution in [0.4, 0.5) is 0 Å². The van der Waals surface area contributed by atoms with Crippen molar-refractivity contribution in [1.29, 1.82) is 0 Å². The summed E-state index contributed by atoms with van der Waals surface area (Å²) in [4.78, 5) is 11.2. The molecular formula is C19H19N3O4S2. The molecule has 146 valence electrons. The molecule has 2 aromatic carbocycles. The van der Waals surface area contributed by atoms with Crippen LogP contribution in [0.1, 0.15) is 30.9 Å². The number of amidine groups is 1. The van der Waals surface area contributed by atoms with Crippen LogP contribution in [-0.2, 0) is 14.9 Å². The monoisotopic (exact) mass is 417 g/mol. The maximum Gasteiger partial charge on any atom is 0.339 e. The normalized spacial score (nSPS) is 16.1. The molecule has 0 radical (unpaired) electrons. The predicted molar refractivity (Wildman–Crippen MR) is 110 cm³/mol. The molecule has 1 fully saturated rings. The number of carbonyl (C=O) groups is 1. The minimum atomic E-state index is -3.94. The van der Waals surface area contributed by atoms with Gasteiger partial charge in [0.15, 0.2) is 5.17 Å². The van der Waals surface area contributed by atoms with Gasteiger partial charge in [-0.15, -0.1) is 5.10 Å². The first-order valence-corrected chi connectivity index (χ1v) is 10.9. The molecule has 0 saturated carbocycles. The molecule has 1 heterocycles. The lowest BCUT2D eigenvalue weighted by Crippen LogP contribution is -2.19. The van der Waals surface area contributed by atoms with E-state index in [-0.39, 0.29) is 16.6 Å². The number of hydrogen-bond donors (Lipinski definition) is 1. The van der Waals surface area contributed by atoms with E-state index in [0.29, 0.717) is 22.4 Å². The van der Waals surface area contributed by atoms with Crippen molar-refractivity contribution >= 4 is 39.2 Å². The Morgan fingerprint density at radius 1 is 1.18 bits per heavy atom. The van der Waals surface area contributed by atoms with Gasteiger partial charge in [0.1, 0.15) is 10.6 Å². The molecule has 1 saturated heterocycles. The fourth-order valence-corrected chi connectivity index (χ4v) is 3.92. The van der Waals surface area contributed by atoms with E-state index in [4.69, 9.17) is 4.18 Å². The second kappa shape index (κ2) is 8.57. The van der Waals surface area contributed by atoms with Crippen LogP contribution in [0.25, 0.3) is 0 Å². The van der Waals surface area contributed by atoms with Crippen LogP contribution >= 0.6 is 11.8 Å². The quantitative estimate of drug-likeness (QED) is 0.442. The highest BCUT2D eigenvalue weighted by molar-refractivity contribution is 8.15. The molecule has 0 aliphatic carbocycles. The van der Waals surface area contributed by atoms with Crippen LogP contribution in [0.5, 0.6) is 5.75 Å². The van der Waals surface area contributed by atoms with Crippen LogP contribution in [0.2, 0.25) is 0 Å². The zero-order valence-corrected chi connectivity index (χ0v) is 17.0. The summed E-state index contributed by atoms with van der Waals surface area (Å²) in [5, 5.41) is 10.8. The summed E-state index contributed by atoms with van der Waals surface area (Å²) >= 11 is 1.27. The van der Waals surface area contributed by atoms with Gasteiger partial charge < -0.3 is 9.50 Å². The first-order valence-electron chi connectivity index (χ1n) is 8.52. The first-order chi connectivity index (χ1) is 13.3. The molecule has 0 unspecified atom stereocenters. The number of rotatable bonds is 6. The Morgan fingerprint density at radius 2 is 1.93 bits per heavy atom. The largest absolute Gasteiger partial charge is 0.379 e. The van der Waals surface area contributed by atoms with E-state index in [9.17, 15) is 13.2 Å². The zero-order valence-electron chi connectivity index (χ0n) is 15.3. The maximum absolute atomic E-state index is 12.5. The second-order valence-electron chi connectivity index (χ2n) is 6.32. The summed E-state index contributed by atoms with van der Waals surface area (Å²) in [5.41, 5.74) is 1.66. The molecule has 0 aromatic heterocycles. The number of nitrogens with zero attached hydrogens (tertiary/aromatic N) is 2. The van der Waals surface area contributed by atoms with Crippen molar-refractivity contribution in [2.75, 3.05) is 5.75 Å². The van der Waals surface area contributed by atoms with Gasteiger partial charge in [-0.3, -0.25) is 4.79 Å². The molecule has 1 N–H and O–H groups in total. The number of thioether (sulfide) groups is 1. The molecule has 1 aliphatic rings. The van der Waals surface area contributed by atoms with Gasteiger partial charge in [-0.2, -0.15) is 13.5 Å². The fourth-order valence-electron chi connectivity index (χ4n) is 2.37. The Kier molecular flexibility index (Phi) is 6.15. The fraction of sp³-hybridized carbons (Fsp3) is 0.211. The number of hydrogen-bond acceptors (Lipinski definition) is 7. The number of benzene rings is 2. The van der Waals surface area contributed by atoms with E-state index >= 15 is 0 Å². The van der Waals surface area contributed by atoms with Crippen molar-refractivity contribution in [3.63, 3.8) is 0 Å². The average Bonchev–Trinajstić information content (AvgIpc) is 3.07. The van der Waals surface area contributed by atoms with E-state index in [0.717, 1.165) is 5.56 Å².